The molecule has 0 saturated carbocycles. The smallest absolute Gasteiger partial charge is 0.207 e. The van der Waals surface area contributed by atoms with Crippen molar-refractivity contribution >= 4 is 12.2 Å². The molecule has 194 valence electrons. The molecule has 2 aromatic rings. The second-order valence-corrected chi connectivity index (χ2v) is 9.05. The first-order valence-corrected chi connectivity index (χ1v) is 12.7. The molecule has 2 atom stereocenters. The number of phenolic OH excluding ortho intramolecular Hbond substituents is 1. The van der Waals surface area contributed by atoms with Crippen LogP contribution in [0, 0.1) is 5.92 Å². The third-order valence-electron chi connectivity index (χ3n) is 6.41. The fourth-order valence-electron chi connectivity index (χ4n) is 4.37. The molecule has 0 aliphatic carbocycles. The summed E-state index contributed by atoms with van der Waals surface area (Å²) in [5.41, 5.74) is 2.99. The summed E-state index contributed by atoms with van der Waals surface area (Å²) in [6, 6.07) is 5.39. The first-order valence-electron chi connectivity index (χ1n) is 12.7. The topological polar surface area (TPSA) is 106 Å². The van der Waals surface area contributed by atoms with Crippen molar-refractivity contribution in [3.8, 4) is 22.8 Å². The SMILES string of the molecule is CCCC(C)CCC(CC)Nc1nnc(-c2ccc(OC)cc2O)c(CCCOC)c1CNC=O. The Morgan fingerprint density at radius 1 is 1.11 bits per heavy atom. The molecule has 0 aliphatic rings. The number of phenols is 1. The van der Waals surface area contributed by atoms with Crippen molar-refractivity contribution in [3.05, 3.63) is 29.3 Å². The molecule has 8 nitrogen and oxygen atoms in total. The Balaban J connectivity index is 2.48. The number of anilines is 1. The van der Waals surface area contributed by atoms with Crippen LogP contribution in [0.5, 0.6) is 11.5 Å². The number of hydrogen-bond donors (Lipinski definition) is 3. The van der Waals surface area contributed by atoms with E-state index in [4.69, 9.17) is 9.47 Å². The predicted molar refractivity (Wildman–Crippen MR) is 140 cm³/mol. The van der Waals surface area contributed by atoms with Gasteiger partial charge in [0.1, 0.15) is 17.2 Å². The summed E-state index contributed by atoms with van der Waals surface area (Å²) < 4.78 is 10.5. The van der Waals surface area contributed by atoms with Gasteiger partial charge in [-0.25, -0.2) is 0 Å². The molecular formula is C27H42N4O4. The number of carbonyl (C=O) groups excluding carboxylic acids is 1. The number of rotatable bonds is 17. The van der Waals surface area contributed by atoms with Gasteiger partial charge in [0.15, 0.2) is 5.82 Å². The number of methoxy groups -OCH3 is 2. The number of hydrogen-bond acceptors (Lipinski definition) is 7. The third kappa shape index (κ3) is 8.38. The van der Waals surface area contributed by atoms with Crippen LogP contribution >= 0.6 is 0 Å². The highest BCUT2D eigenvalue weighted by atomic mass is 16.5. The minimum atomic E-state index is 0.0676. The van der Waals surface area contributed by atoms with Crippen molar-refractivity contribution < 1.29 is 19.4 Å². The molecule has 1 amide bonds. The van der Waals surface area contributed by atoms with Crippen LogP contribution in [-0.4, -0.2) is 48.6 Å². The monoisotopic (exact) mass is 486 g/mol. The zero-order valence-corrected chi connectivity index (χ0v) is 21.9. The summed E-state index contributed by atoms with van der Waals surface area (Å²) in [6.07, 6.45) is 7.70. The fourth-order valence-corrected chi connectivity index (χ4v) is 4.37. The maximum atomic E-state index is 11.2. The van der Waals surface area contributed by atoms with Gasteiger partial charge in [-0.15, -0.1) is 10.2 Å². The summed E-state index contributed by atoms with van der Waals surface area (Å²) in [6.45, 7) is 7.60. The molecule has 8 heteroatoms. The van der Waals surface area contributed by atoms with Crippen LogP contribution in [0.25, 0.3) is 11.3 Å². The Bertz CT molecular complexity index is 922. The normalized spacial score (nSPS) is 12.7. The summed E-state index contributed by atoms with van der Waals surface area (Å²) in [5, 5.41) is 26.2. The van der Waals surface area contributed by atoms with Crippen molar-refractivity contribution in [2.24, 2.45) is 5.92 Å². The van der Waals surface area contributed by atoms with Gasteiger partial charge in [-0.3, -0.25) is 4.79 Å². The lowest BCUT2D eigenvalue weighted by Gasteiger charge is -2.23. The maximum Gasteiger partial charge on any atom is 0.207 e. The highest BCUT2D eigenvalue weighted by molar-refractivity contribution is 5.73. The maximum absolute atomic E-state index is 11.2. The van der Waals surface area contributed by atoms with Crippen molar-refractivity contribution in [2.45, 2.75) is 78.3 Å². The standard InChI is InChI=1S/C27H42N4O4/c1-6-9-19(3)11-12-20(7-2)29-27-24(17-28-18-32)22(10-8-15-34-4)26(30-31-27)23-14-13-21(35-5)16-25(23)33/h13-14,16,18-20,33H,6-12,15,17H2,1-5H3,(H,28,32)(H,29,31). The molecule has 1 aromatic heterocycles. The number of nitrogens with zero attached hydrogens (tertiary/aromatic N) is 2. The van der Waals surface area contributed by atoms with Crippen LogP contribution in [0.2, 0.25) is 0 Å². The fraction of sp³-hybridized carbons (Fsp3) is 0.593. The molecule has 1 aromatic carbocycles. The second-order valence-electron chi connectivity index (χ2n) is 9.05. The van der Waals surface area contributed by atoms with E-state index in [0.29, 0.717) is 54.7 Å². The van der Waals surface area contributed by atoms with Crippen molar-refractivity contribution in [1.82, 2.24) is 15.5 Å². The molecule has 0 spiro atoms. The molecule has 0 saturated heterocycles. The molecule has 3 N–H and O–H groups in total. The number of aromatic nitrogens is 2. The highest BCUT2D eigenvalue weighted by Gasteiger charge is 2.21. The second kappa shape index (κ2) is 15.2. The van der Waals surface area contributed by atoms with Gasteiger partial charge in [0.2, 0.25) is 6.41 Å². The van der Waals surface area contributed by atoms with E-state index in [2.05, 4.69) is 41.6 Å². The van der Waals surface area contributed by atoms with E-state index in [0.717, 1.165) is 36.8 Å². The zero-order chi connectivity index (χ0) is 25.6. The summed E-state index contributed by atoms with van der Waals surface area (Å²) in [5.74, 6) is 1.99. The van der Waals surface area contributed by atoms with Crippen LogP contribution in [0.15, 0.2) is 18.2 Å². The van der Waals surface area contributed by atoms with Gasteiger partial charge in [-0.1, -0.05) is 33.6 Å². The van der Waals surface area contributed by atoms with E-state index < -0.39 is 0 Å². The van der Waals surface area contributed by atoms with Gasteiger partial charge in [0, 0.05) is 43.5 Å². The first-order chi connectivity index (χ1) is 17.0. The van der Waals surface area contributed by atoms with E-state index in [1.165, 1.54) is 12.8 Å². The Kier molecular flexibility index (Phi) is 12.3. The molecule has 35 heavy (non-hydrogen) atoms. The highest BCUT2D eigenvalue weighted by Crippen LogP contribution is 2.36. The summed E-state index contributed by atoms with van der Waals surface area (Å²) in [4.78, 5) is 11.2. The Labute approximate surface area is 209 Å². The van der Waals surface area contributed by atoms with Crippen LogP contribution in [-0.2, 0) is 22.5 Å². The summed E-state index contributed by atoms with van der Waals surface area (Å²) in [7, 11) is 3.23. The molecule has 0 fully saturated rings. The number of nitrogens with one attached hydrogen (secondary N) is 2. The average molecular weight is 487 g/mol. The van der Waals surface area contributed by atoms with Crippen LogP contribution < -0.4 is 15.4 Å². The van der Waals surface area contributed by atoms with Gasteiger partial charge in [0.05, 0.1) is 7.11 Å². The molecule has 2 rings (SSSR count). The van der Waals surface area contributed by atoms with Crippen LogP contribution in [0.3, 0.4) is 0 Å². The van der Waals surface area contributed by atoms with Gasteiger partial charge in [-0.2, -0.15) is 0 Å². The first kappa shape index (κ1) is 28.4. The number of amides is 1. The van der Waals surface area contributed by atoms with Crippen LogP contribution in [0.4, 0.5) is 5.82 Å². The lowest BCUT2D eigenvalue weighted by molar-refractivity contribution is -0.109. The summed E-state index contributed by atoms with van der Waals surface area (Å²) >= 11 is 0. The van der Waals surface area contributed by atoms with Crippen LogP contribution in [0.1, 0.15) is 70.4 Å². The minimum absolute atomic E-state index is 0.0676. The van der Waals surface area contributed by atoms with Gasteiger partial charge >= 0.3 is 0 Å². The molecule has 0 aliphatic heterocycles. The molecule has 0 radical (unpaired) electrons. The van der Waals surface area contributed by atoms with E-state index in [9.17, 15) is 9.90 Å². The quantitative estimate of drug-likeness (QED) is 0.211. The number of aromatic hydroxyl groups is 1. The Morgan fingerprint density at radius 3 is 2.54 bits per heavy atom. The zero-order valence-electron chi connectivity index (χ0n) is 21.9. The molecule has 0 bridgehead atoms. The largest absolute Gasteiger partial charge is 0.507 e. The van der Waals surface area contributed by atoms with Gasteiger partial charge in [0.25, 0.3) is 0 Å². The predicted octanol–water partition coefficient (Wildman–Crippen LogP) is 5.09. The Hall–Kier alpha value is -2.87. The molecular weight excluding hydrogens is 444 g/mol. The van der Waals surface area contributed by atoms with Crippen molar-refractivity contribution in [3.63, 3.8) is 0 Å². The van der Waals surface area contributed by atoms with E-state index in [1.54, 1.807) is 32.4 Å². The Morgan fingerprint density at radius 2 is 1.91 bits per heavy atom. The van der Waals surface area contributed by atoms with Gasteiger partial charge < -0.3 is 25.2 Å². The number of carbonyl (C=O) groups is 1. The lowest BCUT2D eigenvalue weighted by atomic mass is 9.95. The molecule has 1 heterocycles. The van der Waals surface area contributed by atoms with Gasteiger partial charge in [-0.05, 0) is 55.7 Å². The number of benzene rings is 1. The average Bonchev–Trinajstić information content (AvgIpc) is 2.86. The van der Waals surface area contributed by atoms with E-state index in [-0.39, 0.29) is 11.8 Å². The van der Waals surface area contributed by atoms with Crippen molar-refractivity contribution in [1.29, 1.82) is 0 Å². The van der Waals surface area contributed by atoms with E-state index in [1.807, 2.05) is 0 Å². The number of ether oxygens (including phenoxy) is 2. The van der Waals surface area contributed by atoms with E-state index >= 15 is 0 Å². The van der Waals surface area contributed by atoms with Crippen molar-refractivity contribution in [2.75, 3.05) is 26.1 Å². The third-order valence-corrected chi connectivity index (χ3v) is 6.41. The molecule has 2 unspecified atom stereocenters. The minimum Gasteiger partial charge on any atom is -0.507 e. The lowest BCUT2D eigenvalue weighted by Crippen LogP contribution is -2.24.